The molecule has 37 heavy (non-hydrogen) atoms. The number of H-pyrrole nitrogens is 1. The molecular weight excluding hydrogens is 492 g/mol. The Balaban J connectivity index is 2.99. The number of aromatic amines is 1. The molecule has 0 bridgehead atoms. The van der Waals surface area contributed by atoms with Crippen molar-refractivity contribution >= 4 is 35.6 Å². The van der Waals surface area contributed by atoms with E-state index in [0.29, 0.717) is 5.69 Å². The van der Waals surface area contributed by atoms with Crippen LogP contribution in [0.25, 0.3) is 0 Å². The number of aromatic nitrogens is 2. The number of carboxylic acids is 3. The first-order valence-corrected chi connectivity index (χ1v) is 11.6. The Morgan fingerprint density at radius 2 is 1.41 bits per heavy atom. The van der Waals surface area contributed by atoms with Gasteiger partial charge in [-0.3, -0.25) is 24.0 Å². The standard InChI is InChI=1S/C22H34N6O9/c1-11(2)7-15(27-19(33)13(23)3-5-17(29)30)21(35)26-14(4-6-18(31)32)20(34)28-16(22(36)37)8-12-9-24-10-25-12/h9-11,13-16H,3-8,23H2,1-2H3,(H,24,25)(H,26,35)(H,27,33)(H,28,34)(H,29,30)(H,31,32)(H,36,37). The molecule has 0 saturated heterocycles. The van der Waals surface area contributed by atoms with Gasteiger partial charge in [0.2, 0.25) is 17.7 Å². The lowest BCUT2D eigenvalue weighted by atomic mass is 10.0. The molecule has 0 aliphatic carbocycles. The first-order valence-electron chi connectivity index (χ1n) is 11.6. The van der Waals surface area contributed by atoms with E-state index in [4.69, 9.17) is 15.9 Å². The number of hydrogen-bond acceptors (Lipinski definition) is 8. The molecule has 15 heteroatoms. The highest BCUT2D eigenvalue weighted by Gasteiger charge is 2.31. The quantitative estimate of drug-likeness (QED) is 0.117. The van der Waals surface area contributed by atoms with E-state index in [2.05, 4.69) is 25.9 Å². The number of nitrogens with one attached hydrogen (secondary N) is 4. The Labute approximate surface area is 212 Å². The number of carbonyl (C=O) groups is 6. The molecule has 0 aromatic carbocycles. The van der Waals surface area contributed by atoms with Crippen LogP contribution in [-0.2, 0) is 35.2 Å². The van der Waals surface area contributed by atoms with Crippen LogP contribution in [0.3, 0.4) is 0 Å². The van der Waals surface area contributed by atoms with Gasteiger partial charge in [-0.05, 0) is 25.2 Å². The maximum atomic E-state index is 13.0. The SMILES string of the molecule is CC(C)CC(NC(=O)C(N)CCC(=O)O)C(=O)NC(CCC(=O)O)C(=O)NC(Cc1cnc[nH]1)C(=O)O. The van der Waals surface area contributed by atoms with E-state index in [1.54, 1.807) is 13.8 Å². The average Bonchev–Trinajstić information content (AvgIpc) is 3.31. The van der Waals surface area contributed by atoms with Crippen LogP contribution in [0.1, 0.15) is 51.6 Å². The third-order valence-corrected chi connectivity index (χ3v) is 5.22. The Morgan fingerprint density at radius 1 is 0.865 bits per heavy atom. The van der Waals surface area contributed by atoms with Crippen molar-refractivity contribution in [3.8, 4) is 0 Å². The molecule has 1 aromatic rings. The molecule has 15 nitrogen and oxygen atoms in total. The summed E-state index contributed by atoms with van der Waals surface area (Å²) in [5, 5.41) is 34.5. The first kappa shape index (κ1) is 31.0. The summed E-state index contributed by atoms with van der Waals surface area (Å²) in [4.78, 5) is 78.3. The van der Waals surface area contributed by atoms with Crippen LogP contribution >= 0.6 is 0 Å². The van der Waals surface area contributed by atoms with Crippen molar-refractivity contribution in [3.05, 3.63) is 18.2 Å². The predicted molar refractivity (Wildman–Crippen MR) is 127 cm³/mol. The maximum Gasteiger partial charge on any atom is 0.326 e. The topological polar surface area (TPSA) is 254 Å². The number of nitrogens with two attached hydrogens (primary N) is 1. The van der Waals surface area contributed by atoms with E-state index < -0.39 is 66.2 Å². The van der Waals surface area contributed by atoms with E-state index in [9.17, 15) is 33.9 Å². The summed E-state index contributed by atoms with van der Waals surface area (Å²) in [7, 11) is 0. The van der Waals surface area contributed by atoms with E-state index >= 15 is 0 Å². The molecule has 4 unspecified atom stereocenters. The van der Waals surface area contributed by atoms with E-state index in [1.807, 2.05) is 0 Å². The summed E-state index contributed by atoms with van der Waals surface area (Å²) in [6, 6.07) is -5.16. The number of carbonyl (C=O) groups excluding carboxylic acids is 3. The second-order valence-corrected chi connectivity index (χ2v) is 8.90. The van der Waals surface area contributed by atoms with Crippen molar-refractivity contribution < 1.29 is 44.1 Å². The Hall–Kier alpha value is -4.01. The summed E-state index contributed by atoms with van der Waals surface area (Å²) in [6.45, 7) is 3.55. The van der Waals surface area contributed by atoms with Gasteiger partial charge in [-0.1, -0.05) is 13.8 Å². The third kappa shape index (κ3) is 12.0. The van der Waals surface area contributed by atoms with E-state index in [-0.39, 0.29) is 38.0 Å². The molecule has 1 rings (SSSR count). The van der Waals surface area contributed by atoms with Crippen LogP contribution in [-0.4, -0.2) is 85.1 Å². The van der Waals surface area contributed by atoms with Gasteiger partial charge >= 0.3 is 17.9 Å². The number of imidazole rings is 1. The van der Waals surface area contributed by atoms with Gasteiger partial charge in [0.15, 0.2) is 0 Å². The van der Waals surface area contributed by atoms with E-state index in [0.717, 1.165) is 0 Å². The lowest BCUT2D eigenvalue weighted by Gasteiger charge is -2.26. The molecular formula is C22H34N6O9. The minimum atomic E-state index is -1.42. The highest BCUT2D eigenvalue weighted by Crippen LogP contribution is 2.09. The molecule has 3 amide bonds. The number of aliphatic carboxylic acids is 3. The Morgan fingerprint density at radius 3 is 1.92 bits per heavy atom. The van der Waals surface area contributed by atoms with Crippen LogP contribution in [0.15, 0.2) is 12.5 Å². The summed E-state index contributed by atoms with van der Waals surface area (Å²) in [6.07, 6.45) is 1.36. The van der Waals surface area contributed by atoms with Gasteiger partial charge in [0.05, 0.1) is 12.4 Å². The summed E-state index contributed by atoms with van der Waals surface area (Å²) >= 11 is 0. The zero-order chi connectivity index (χ0) is 28.1. The lowest BCUT2D eigenvalue weighted by Crippen LogP contribution is -2.57. The minimum Gasteiger partial charge on any atom is -0.481 e. The van der Waals surface area contributed by atoms with Gasteiger partial charge in [-0.15, -0.1) is 0 Å². The Kier molecular flexibility index (Phi) is 12.7. The molecule has 0 aliphatic heterocycles. The van der Waals surface area contributed by atoms with Crippen molar-refractivity contribution in [1.29, 1.82) is 0 Å². The molecule has 0 saturated carbocycles. The van der Waals surface area contributed by atoms with Gasteiger partial charge in [-0.25, -0.2) is 9.78 Å². The van der Waals surface area contributed by atoms with Gasteiger partial charge in [0, 0.05) is 31.2 Å². The summed E-state index contributed by atoms with van der Waals surface area (Å²) in [5.74, 6) is -6.32. The molecule has 1 heterocycles. The first-order chi connectivity index (χ1) is 17.3. The van der Waals surface area contributed by atoms with Crippen molar-refractivity contribution in [3.63, 3.8) is 0 Å². The van der Waals surface area contributed by atoms with Crippen LogP contribution in [0, 0.1) is 5.92 Å². The third-order valence-electron chi connectivity index (χ3n) is 5.22. The van der Waals surface area contributed by atoms with Gasteiger partial charge in [0.1, 0.15) is 18.1 Å². The van der Waals surface area contributed by atoms with E-state index in [1.165, 1.54) is 12.5 Å². The van der Waals surface area contributed by atoms with Crippen LogP contribution in [0.2, 0.25) is 0 Å². The molecule has 0 aliphatic rings. The number of amides is 3. The van der Waals surface area contributed by atoms with Crippen LogP contribution < -0.4 is 21.7 Å². The summed E-state index contributed by atoms with van der Waals surface area (Å²) < 4.78 is 0. The number of rotatable bonds is 17. The zero-order valence-corrected chi connectivity index (χ0v) is 20.6. The van der Waals surface area contributed by atoms with Gasteiger partial charge in [0.25, 0.3) is 0 Å². The van der Waals surface area contributed by atoms with Crippen LogP contribution in [0.4, 0.5) is 0 Å². The molecule has 9 N–H and O–H groups in total. The van der Waals surface area contributed by atoms with Crippen molar-refractivity contribution in [1.82, 2.24) is 25.9 Å². The maximum absolute atomic E-state index is 13.0. The molecule has 4 atom stereocenters. The summed E-state index contributed by atoms with van der Waals surface area (Å²) in [5.41, 5.74) is 6.14. The number of carboxylic acid groups (broad SMARTS) is 3. The van der Waals surface area contributed by atoms with Crippen molar-refractivity contribution in [2.75, 3.05) is 0 Å². The monoisotopic (exact) mass is 526 g/mol. The number of nitrogens with zero attached hydrogens (tertiary/aromatic N) is 1. The second kappa shape index (κ2) is 15.2. The lowest BCUT2D eigenvalue weighted by molar-refractivity contribution is -0.143. The number of hydrogen-bond donors (Lipinski definition) is 8. The average molecular weight is 527 g/mol. The molecule has 1 aromatic heterocycles. The van der Waals surface area contributed by atoms with Crippen molar-refractivity contribution in [2.45, 2.75) is 76.5 Å². The van der Waals surface area contributed by atoms with Crippen molar-refractivity contribution in [2.24, 2.45) is 11.7 Å². The smallest absolute Gasteiger partial charge is 0.326 e. The molecule has 0 fully saturated rings. The Bertz CT molecular complexity index is 950. The fourth-order valence-corrected chi connectivity index (χ4v) is 3.29. The van der Waals surface area contributed by atoms with Gasteiger partial charge < -0.3 is 42.0 Å². The largest absolute Gasteiger partial charge is 0.481 e. The predicted octanol–water partition coefficient (Wildman–Crippen LogP) is -1.41. The molecule has 206 valence electrons. The minimum absolute atomic E-state index is 0.0941. The fraction of sp³-hybridized carbons (Fsp3) is 0.591. The molecule has 0 spiro atoms. The zero-order valence-electron chi connectivity index (χ0n) is 20.6. The highest BCUT2D eigenvalue weighted by molar-refractivity contribution is 5.94. The fourth-order valence-electron chi connectivity index (χ4n) is 3.29. The second-order valence-electron chi connectivity index (χ2n) is 8.90. The van der Waals surface area contributed by atoms with Crippen LogP contribution in [0.5, 0.6) is 0 Å². The molecule has 0 radical (unpaired) electrons. The highest BCUT2D eigenvalue weighted by atomic mass is 16.4. The van der Waals surface area contributed by atoms with Gasteiger partial charge in [-0.2, -0.15) is 0 Å². The normalized spacial score (nSPS) is 14.2.